The normalized spacial score (nSPS) is 14.5. The minimum atomic E-state index is -4.70. The van der Waals surface area contributed by atoms with Gasteiger partial charge >= 0.3 is 6.18 Å². The topological polar surface area (TPSA) is 134 Å². The Labute approximate surface area is 324 Å². The number of pyridine rings is 1. The van der Waals surface area contributed by atoms with Crippen LogP contribution in [0, 0.1) is 23.5 Å². The van der Waals surface area contributed by atoms with Gasteiger partial charge in [-0.15, -0.1) is 0 Å². The molecule has 3 heterocycles. The van der Waals surface area contributed by atoms with Crippen molar-refractivity contribution < 1.29 is 43.6 Å². The summed E-state index contributed by atoms with van der Waals surface area (Å²) in [5.74, 6) is 1.88. The van der Waals surface area contributed by atoms with Gasteiger partial charge in [-0.2, -0.15) is 23.4 Å². The zero-order valence-corrected chi connectivity index (χ0v) is 32.8. The number of fused-ring (bicyclic) bond motifs is 1. The Morgan fingerprint density at radius 3 is 2.29 bits per heavy atom. The Kier molecular flexibility index (Phi) is 11.0. The number of nitrogens with zero attached hydrogens (tertiary/aromatic N) is 5. The molecule has 0 amide bonds. The fourth-order valence-corrected chi connectivity index (χ4v) is 9.33. The molecule has 1 aliphatic carbocycles. The summed E-state index contributed by atoms with van der Waals surface area (Å²) in [6.07, 6.45) is -1.90. The van der Waals surface area contributed by atoms with Crippen molar-refractivity contribution >= 4 is 48.0 Å². The maximum absolute atomic E-state index is 14.5. The molecule has 1 atom stereocenters. The van der Waals surface area contributed by atoms with Crippen LogP contribution in [0.25, 0.3) is 22.0 Å². The van der Waals surface area contributed by atoms with Gasteiger partial charge in [0.15, 0.2) is 25.5 Å². The first kappa shape index (κ1) is 41.0. The molecule has 5 aromatic rings. The molecule has 6 rings (SSSR count). The Morgan fingerprint density at radius 2 is 1.68 bits per heavy atom. The largest absolute Gasteiger partial charge is 0.419 e. The van der Waals surface area contributed by atoms with Crippen molar-refractivity contribution in [3.63, 3.8) is 0 Å². The van der Waals surface area contributed by atoms with Crippen LogP contribution < -0.4 is 0 Å². The molecule has 0 saturated heterocycles. The van der Waals surface area contributed by atoms with E-state index in [4.69, 9.17) is 16.6 Å². The van der Waals surface area contributed by atoms with E-state index in [2.05, 4.69) is 22.0 Å². The van der Waals surface area contributed by atoms with Crippen LogP contribution in [0.15, 0.2) is 54.9 Å². The number of hydrogen-bond donors (Lipinski definition) is 0. The molecule has 0 aliphatic heterocycles. The third kappa shape index (κ3) is 8.98. The maximum atomic E-state index is 14.5. The fraction of sp³-hybridized carbons (Fsp3) is 0.368. The molecule has 2 aromatic carbocycles. The molecule has 3 aromatic heterocycles. The van der Waals surface area contributed by atoms with Gasteiger partial charge in [0, 0.05) is 54.4 Å². The van der Waals surface area contributed by atoms with Crippen molar-refractivity contribution in [3.8, 4) is 23.0 Å². The number of carbonyl (C=O) groups is 1. The minimum Gasteiger partial charge on any atom is -0.298 e. The van der Waals surface area contributed by atoms with Crippen LogP contribution in [0.3, 0.4) is 0 Å². The number of hydrogen-bond acceptors (Lipinski definition) is 8. The lowest BCUT2D eigenvalue weighted by atomic mass is 9.86. The monoisotopic (exact) mass is 835 g/mol. The minimum absolute atomic E-state index is 0.0977. The van der Waals surface area contributed by atoms with Gasteiger partial charge in [0.25, 0.3) is 0 Å². The number of aryl methyl sites for hydroxylation is 1. The highest BCUT2D eigenvalue weighted by molar-refractivity contribution is 7.93. The van der Waals surface area contributed by atoms with Crippen molar-refractivity contribution in [3.05, 3.63) is 99.7 Å². The van der Waals surface area contributed by atoms with E-state index in [0.29, 0.717) is 53.3 Å². The SMILES string of the molecule is Cn1nc(CS(C)(=O)=O)c2c(Cl)ccc(-c3ccc(C#CC(C)(C)S(=O)(=O)C4CC4)nc3[C@@H](CC(=O)Cn3cc(C(F)(F)F)cn3)Cc3cc(F)cc(F)c3)c21. The zero-order valence-electron chi connectivity index (χ0n) is 30.5. The number of carbonyl (C=O) groups excluding carboxylic acids is 1. The highest BCUT2D eigenvalue weighted by atomic mass is 35.5. The predicted molar refractivity (Wildman–Crippen MR) is 200 cm³/mol. The van der Waals surface area contributed by atoms with E-state index in [1.807, 2.05) is 0 Å². The molecule has 0 spiro atoms. The molecule has 0 bridgehead atoms. The fourth-order valence-electron chi connectivity index (χ4n) is 6.58. The van der Waals surface area contributed by atoms with Gasteiger partial charge in [-0.3, -0.25) is 14.2 Å². The summed E-state index contributed by atoms with van der Waals surface area (Å²) in [5, 5.41) is 8.15. The van der Waals surface area contributed by atoms with Crippen molar-refractivity contribution in [1.82, 2.24) is 24.5 Å². The number of alkyl halides is 3. The van der Waals surface area contributed by atoms with E-state index >= 15 is 0 Å². The summed E-state index contributed by atoms with van der Waals surface area (Å²) >= 11 is 6.63. The molecule has 56 heavy (non-hydrogen) atoms. The van der Waals surface area contributed by atoms with E-state index in [0.717, 1.165) is 23.1 Å². The molecule has 0 N–H and O–H groups in total. The van der Waals surface area contributed by atoms with E-state index in [-0.39, 0.29) is 34.1 Å². The molecule has 18 heteroatoms. The summed E-state index contributed by atoms with van der Waals surface area (Å²) in [5.41, 5.74) is 0.713. The van der Waals surface area contributed by atoms with Crippen LogP contribution in [-0.2, 0) is 56.4 Å². The second-order valence-electron chi connectivity index (χ2n) is 14.4. The van der Waals surface area contributed by atoms with E-state index < -0.39 is 83.5 Å². The van der Waals surface area contributed by atoms with Gasteiger partial charge in [-0.25, -0.2) is 30.6 Å². The Morgan fingerprint density at radius 1 is 1.02 bits per heavy atom. The van der Waals surface area contributed by atoms with Crippen LogP contribution in [0.4, 0.5) is 22.0 Å². The number of halogens is 6. The van der Waals surface area contributed by atoms with E-state index in [9.17, 15) is 43.6 Å². The first-order valence-corrected chi connectivity index (χ1v) is 21.2. The molecule has 296 valence electrons. The number of Topliss-reactive ketones (excluding diaryl/α,β-unsaturated/α-hetero) is 1. The van der Waals surface area contributed by atoms with Crippen molar-refractivity contribution in [2.24, 2.45) is 7.05 Å². The third-order valence-electron chi connectivity index (χ3n) is 9.35. The highest BCUT2D eigenvalue weighted by Crippen LogP contribution is 2.40. The number of rotatable bonds is 12. The first-order chi connectivity index (χ1) is 26.0. The van der Waals surface area contributed by atoms with Gasteiger partial charge < -0.3 is 0 Å². The Balaban J connectivity index is 1.54. The van der Waals surface area contributed by atoms with Crippen molar-refractivity contribution in [2.45, 2.75) is 73.9 Å². The van der Waals surface area contributed by atoms with Crippen LogP contribution in [0.2, 0.25) is 5.02 Å². The van der Waals surface area contributed by atoms with E-state index in [1.54, 1.807) is 19.2 Å². The molecule has 1 fully saturated rings. The van der Waals surface area contributed by atoms with Crippen molar-refractivity contribution in [2.75, 3.05) is 6.26 Å². The van der Waals surface area contributed by atoms with Crippen LogP contribution in [-0.4, -0.2) is 63.4 Å². The highest BCUT2D eigenvalue weighted by Gasteiger charge is 2.45. The van der Waals surface area contributed by atoms with Crippen molar-refractivity contribution in [1.29, 1.82) is 0 Å². The van der Waals surface area contributed by atoms with Crippen LogP contribution >= 0.6 is 11.6 Å². The molecule has 1 saturated carbocycles. The van der Waals surface area contributed by atoms with Gasteiger partial charge in [0.05, 0.1) is 51.2 Å². The smallest absolute Gasteiger partial charge is 0.298 e. The lowest BCUT2D eigenvalue weighted by Gasteiger charge is -2.21. The molecule has 1 aliphatic rings. The van der Waals surface area contributed by atoms with Gasteiger partial charge in [0.2, 0.25) is 0 Å². The standard InChI is InChI=1S/C38H35ClF5N5O5S2/c1-37(2,56(53,54)29-6-7-29)12-11-27-5-8-30(31-9-10-32(39)34-33(21-55(4,51)52)47-48(3)36(31)34)35(46-27)23(13-22-14-25(40)17-26(41)15-22)16-28(50)20-49-19-24(18-45-49)38(42,43)44/h5,8-10,14-15,17-19,23,29H,6-7,13,16,20-21H2,1-4H3/t23-/m1/s1. The lowest BCUT2D eigenvalue weighted by molar-refractivity contribution is -0.137. The van der Waals surface area contributed by atoms with Gasteiger partial charge in [-0.05, 0) is 74.9 Å². The molecule has 10 nitrogen and oxygen atoms in total. The summed E-state index contributed by atoms with van der Waals surface area (Å²) in [6.45, 7) is 2.40. The summed E-state index contributed by atoms with van der Waals surface area (Å²) < 4.78 is 121. The molecule has 0 radical (unpaired) electrons. The predicted octanol–water partition coefficient (Wildman–Crippen LogP) is 7.02. The van der Waals surface area contributed by atoms with Crippen LogP contribution in [0.1, 0.15) is 67.2 Å². The molecule has 0 unspecified atom stereocenters. The number of aromatic nitrogens is 5. The number of sulfone groups is 2. The third-order valence-corrected chi connectivity index (χ3v) is 13.3. The average molecular weight is 836 g/mol. The van der Waals surface area contributed by atoms with Gasteiger partial charge in [-0.1, -0.05) is 23.6 Å². The lowest BCUT2D eigenvalue weighted by Crippen LogP contribution is -2.33. The zero-order chi connectivity index (χ0) is 41.0. The average Bonchev–Trinajstić information content (AvgIpc) is 3.75. The number of ketones is 1. The second kappa shape index (κ2) is 15.0. The Bertz CT molecular complexity index is 2640. The quantitative estimate of drug-likeness (QED) is 0.0968. The van der Waals surface area contributed by atoms with E-state index in [1.165, 1.54) is 30.7 Å². The first-order valence-electron chi connectivity index (χ1n) is 17.2. The second-order valence-corrected chi connectivity index (χ2v) is 19.8. The van der Waals surface area contributed by atoms with Gasteiger partial charge in [0.1, 0.15) is 22.1 Å². The molecular weight excluding hydrogens is 801 g/mol. The van der Waals surface area contributed by atoms with Crippen LogP contribution in [0.5, 0.6) is 0 Å². The Hall–Kier alpha value is -4.66. The molecular formula is C38H35ClF5N5O5S2. The number of benzene rings is 2. The summed E-state index contributed by atoms with van der Waals surface area (Å²) in [6, 6.07) is 9.16. The maximum Gasteiger partial charge on any atom is 0.419 e. The summed E-state index contributed by atoms with van der Waals surface area (Å²) in [4.78, 5) is 18.5. The summed E-state index contributed by atoms with van der Waals surface area (Å²) in [7, 11) is -5.61.